The smallest absolute Gasteiger partial charge is 0.137 e. The van der Waals surface area contributed by atoms with Gasteiger partial charge in [-0.15, -0.1) is 0 Å². The van der Waals surface area contributed by atoms with Crippen LogP contribution in [0.2, 0.25) is 10.0 Å². The molecule has 0 bridgehead atoms. The van der Waals surface area contributed by atoms with E-state index in [-0.39, 0.29) is 0 Å². The van der Waals surface area contributed by atoms with E-state index in [2.05, 4.69) is 16.1 Å². The van der Waals surface area contributed by atoms with Crippen molar-refractivity contribution in [1.82, 2.24) is 14.8 Å². The topological polar surface area (TPSA) is 56.7 Å². The minimum Gasteiger partial charge on any atom is -0.326 e. The third-order valence-corrected chi connectivity index (χ3v) is 3.97. The van der Waals surface area contributed by atoms with Gasteiger partial charge in [0.1, 0.15) is 12.7 Å². The first-order chi connectivity index (χ1) is 10.7. The third-order valence-electron chi connectivity index (χ3n) is 3.42. The van der Waals surface area contributed by atoms with Crippen LogP contribution in [0.5, 0.6) is 0 Å². The largest absolute Gasteiger partial charge is 0.326 e. The second-order valence-electron chi connectivity index (χ2n) is 4.91. The Morgan fingerprint density at radius 3 is 2.55 bits per heavy atom. The average molecular weight is 333 g/mol. The van der Waals surface area contributed by atoms with Gasteiger partial charge >= 0.3 is 0 Å². The van der Waals surface area contributed by atoms with Crippen LogP contribution in [0.4, 0.5) is 0 Å². The molecule has 3 rings (SSSR count). The van der Waals surface area contributed by atoms with E-state index in [9.17, 15) is 0 Å². The van der Waals surface area contributed by atoms with E-state index in [1.165, 1.54) is 6.33 Å². The molecule has 22 heavy (non-hydrogen) atoms. The number of hydrogen-bond acceptors (Lipinski definition) is 3. The third kappa shape index (κ3) is 3.14. The maximum atomic E-state index is 6.30. The fourth-order valence-electron chi connectivity index (χ4n) is 2.39. The minimum atomic E-state index is 0.430. The molecule has 3 aromatic rings. The summed E-state index contributed by atoms with van der Waals surface area (Å²) in [5.74, 6) is 0. The molecule has 2 N–H and O–H groups in total. The lowest BCUT2D eigenvalue weighted by Crippen LogP contribution is -2.04. The van der Waals surface area contributed by atoms with Gasteiger partial charge in [0.25, 0.3) is 0 Å². The average Bonchev–Trinajstić information content (AvgIpc) is 3.00. The molecule has 0 amide bonds. The predicted octanol–water partition coefficient (Wildman–Crippen LogP) is 3.76. The summed E-state index contributed by atoms with van der Waals surface area (Å²) in [6.07, 6.45) is 3.21. The number of hydrogen-bond donors (Lipinski definition) is 1. The number of aromatic nitrogens is 3. The highest BCUT2D eigenvalue weighted by molar-refractivity contribution is 6.36. The molecule has 0 spiro atoms. The van der Waals surface area contributed by atoms with E-state index in [4.69, 9.17) is 28.9 Å². The number of benzene rings is 2. The van der Waals surface area contributed by atoms with Crippen LogP contribution < -0.4 is 5.73 Å². The molecule has 0 saturated heterocycles. The number of rotatable bonds is 4. The summed E-state index contributed by atoms with van der Waals surface area (Å²) in [5.41, 5.74) is 10.00. The second kappa shape index (κ2) is 6.48. The molecule has 0 aliphatic rings. The lowest BCUT2D eigenvalue weighted by molar-refractivity contribution is 0.684. The van der Waals surface area contributed by atoms with E-state index in [1.54, 1.807) is 17.1 Å². The van der Waals surface area contributed by atoms with Crippen molar-refractivity contribution in [2.24, 2.45) is 5.73 Å². The summed E-state index contributed by atoms with van der Waals surface area (Å²) in [6, 6.07) is 11.6. The predicted molar refractivity (Wildman–Crippen MR) is 88.9 cm³/mol. The highest BCUT2D eigenvalue weighted by Gasteiger charge is 2.10. The normalized spacial score (nSPS) is 10.9. The molecule has 112 valence electrons. The van der Waals surface area contributed by atoms with Crippen LogP contribution in [-0.4, -0.2) is 14.8 Å². The monoisotopic (exact) mass is 332 g/mol. The van der Waals surface area contributed by atoms with E-state index in [0.717, 1.165) is 22.3 Å². The highest BCUT2D eigenvalue weighted by atomic mass is 35.5. The van der Waals surface area contributed by atoms with E-state index in [0.29, 0.717) is 23.1 Å². The van der Waals surface area contributed by atoms with Crippen molar-refractivity contribution in [3.8, 4) is 11.1 Å². The molecule has 2 aromatic carbocycles. The van der Waals surface area contributed by atoms with E-state index >= 15 is 0 Å². The molecule has 1 aromatic heterocycles. The zero-order chi connectivity index (χ0) is 15.5. The van der Waals surface area contributed by atoms with Crippen LogP contribution in [-0.2, 0) is 13.1 Å². The van der Waals surface area contributed by atoms with Crippen molar-refractivity contribution in [2.75, 3.05) is 0 Å². The molecule has 6 heteroatoms. The van der Waals surface area contributed by atoms with Gasteiger partial charge in [-0.1, -0.05) is 47.5 Å². The van der Waals surface area contributed by atoms with Crippen molar-refractivity contribution in [2.45, 2.75) is 13.1 Å². The van der Waals surface area contributed by atoms with Crippen molar-refractivity contribution in [3.05, 3.63) is 70.2 Å². The fraction of sp³-hybridized carbons (Fsp3) is 0.125. The summed E-state index contributed by atoms with van der Waals surface area (Å²) in [5, 5.41) is 5.34. The van der Waals surface area contributed by atoms with Gasteiger partial charge in [0.2, 0.25) is 0 Å². The Balaban J connectivity index is 1.98. The van der Waals surface area contributed by atoms with Gasteiger partial charge in [-0.25, -0.2) is 9.67 Å². The zero-order valence-corrected chi connectivity index (χ0v) is 13.2. The standard InChI is InChI=1S/C16H14Cl2N4/c17-13-2-4-15(16(18)6-13)14-3-1-11(5-12(14)7-19)8-22-10-20-9-21-22/h1-6,9-10H,7-8,19H2. The second-order valence-corrected chi connectivity index (χ2v) is 5.76. The highest BCUT2D eigenvalue weighted by Crippen LogP contribution is 2.33. The van der Waals surface area contributed by atoms with Crippen LogP contribution >= 0.6 is 23.2 Å². The molecule has 0 aliphatic carbocycles. The van der Waals surface area contributed by atoms with Gasteiger partial charge in [0, 0.05) is 22.2 Å². The van der Waals surface area contributed by atoms with Crippen molar-refractivity contribution < 1.29 is 0 Å². The first-order valence-corrected chi connectivity index (χ1v) is 7.52. The molecule has 0 saturated carbocycles. The first kappa shape index (κ1) is 15.0. The quantitative estimate of drug-likeness (QED) is 0.791. The van der Waals surface area contributed by atoms with Gasteiger partial charge in [0.05, 0.1) is 6.54 Å². The van der Waals surface area contributed by atoms with Gasteiger partial charge in [-0.3, -0.25) is 0 Å². The van der Waals surface area contributed by atoms with E-state index in [1.807, 2.05) is 24.3 Å². The van der Waals surface area contributed by atoms with Crippen LogP contribution in [0.1, 0.15) is 11.1 Å². The lowest BCUT2D eigenvalue weighted by atomic mass is 9.97. The molecule has 0 radical (unpaired) electrons. The Kier molecular flexibility index (Phi) is 4.43. The van der Waals surface area contributed by atoms with Crippen molar-refractivity contribution >= 4 is 23.2 Å². The lowest BCUT2D eigenvalue weighted by Gasteiger charge is -2.12. The molecular formula is C16H14Cl2N4. The summed E-state index contributed by atoms with van der Waals surface area (Å²) >= 11 is 12.3. The molecule has 0 fully saturated rings. The molecular weight excluding hydrogens is 319 g/mol. The van der Waals surface area contributed by atoms with Gasteiger partial charge in [0.15, 0.2) is 0 Å². The Labute approximate surface area is 138 Å². The zero-order valence-electron chi connectivity index (χ0n) is 11.7. The van der Waals surface area contributed by atoms with Crippen LogP contribution in [0.25, 0.3) is 11.1 Å². The fourth-order valence-corrected chi connectivity index (χ4v) is 2.90. The Morgan fingerprint density at radius 2 is 1.86 bits per heavy atom. The van der Waals surface area contributed by atoms with E-state index < -0.39 is 0 Å². The summed E-state index contributed by atoms with van der Waals surface area (Å²) in [7, 11) is 0. The number of nitrogens with two attached hydrogens (primary N) is 1. The van der Waals surface area contributed by atoms with Crippen LogP contribution in [0.3, 0.4) is 0 Å². The Morgan fingerprint density at radius 1 is 1.05 bits per heavy atom. The molecule has 0 aliphatic heterocycles. The van der Waals surface area contributed by atoms with Gasteiger partial charge < -0.3 is 5.73 Å². The first-order valence-electron chi connectivity index (χ1n) is 6.77. The number of nitrogens with zero attached hydrogens (tertiary/aromatic N) is 3. The van der Waals surface area contributed by atoms with Crippen LogP contribution in [0.15, 0.2) is 49.1 Å². The summed E-state index contributed by atoms with van der Waals surface area (Å²) in [4.78, 5) is 3.94. The molecule has 0 unspecified atom stereocenters. The Hall–Kier alpha value is -1.88. The maximum Gasteiger partial charge on any atom is 0.137 e. The SMILES string of the molecule is NCc1cc(Cn2cncn2)ccc1-c1ccc(Cl)cc1Cl. The summed E-state index contributed by atoms with van der Waals surface area (Å²) in [6.45, 7) is 1.08. The Bertz CT molecular complexity index is 785. The molecule has 1 heterocycles. The van der Waals surface area contributed by atoms with Gasteiger partial charge in [-0.05, 0) is 28.8 Å². The molecule has 4 nitrogen and oxygen atoms in total. The van der Waals surface area contributed by atoms with Crippen LogP contribution in [0, 0.1) is 0 Å². The maximum absolute atomic E-state index is 6.30. The number of halogens is 2. The molecule has 0 atom stereocenters. The summed E-state index contributed by atoms with van der Waals surface area (Å²) < 4.78 is 1.77. The van der Waals surface area contributed by atoms with Gasteiger partial charge in [-0.2, -0.15) is 5.10 Å². The van der Waals surface area contributed by atoms with Crippen molar-refractivity contribution in [1.29, 1.82) is 0 Å². The van der Waals surface area contributed by atoms with Crippen molar-refractivity contribution in [3.63, 3.8) is 0 Å². The minimum absolute atomic E-state index is 0.430.